The maximum atomic E-state index is 13.1. The van der Waals surface area contributed by atoms with Crippen molar-refractivity contribution in [3.8, 4) is 11.5 Å². The first kappa shape index (κ1) is 25.8. The van der Waals surface area contributed by atoms with E-state index in [1.54, 1.807) is 50.2 Å². The Morgan fingerprint density at radius 1 is 0.971 bits per heavy atom. The summed E-state index contributed by atoms with van der Waals surface area (Å²) in [5, 5.41) is 2.74. The highest BCUT2D eigenvalue weighted by Crippen LogP contribution is 2.27. The molecule has 3 rings (SSSR count). The van der Waals surface area contributed by atoms with E-state index in [1.807, 2.05) is 30.3 Å². The van der Waals surface area contributed by atoms with Crippen LogP contribution in [0.3, 0.4) is 0 Å². The van der Waals surface area contributed by atoms with Crippen molar-refractivity contribution in [1.82, 2.24) is 0 Å². The van der Waals surface area contributed by atoms with Crippen molar-refractivity contribution < 1.29 is 27.5 Å². The van der Waals surface area contributed by atoms with Crippen molar-refractivity contribution in [2.75, 3.05) is 22.5 Å². The number of ether oxygens (including phenoxy) is 2. The van der Waals surface area contributed by atoms with Gasteiger partial charge in [-0.3, -0.25) is 9.10 Å². The van der Waals surface area contributed by atoms with E-state index in [-0.39, 0.29) is 12.2 Å². The van der Waals surface area contributed by atoms with Crippen LogP contribution in [0, 0.1) is 6.92 Å². The Balaban J connectivity index is 1.82. The quantitative estimate of drug-likeness (QED) is 0.429. The third-order valence-electron chi connectivity index (χ3n) is 5.17. The Morgan fingerprint density at radius 3 is 2.20 bits per heavy atom. The Morgan fingerprint density at radius 2 is 1.60 bits per heavy atom. The van der Waals surface area contributed by atoms with Crippen molar-refractivity contribution >= 4 is 33.3 Å². The molecule has 184 valence electrons. The molecule has 0 heterocycles. The molecule has 0 aliphatic heterocycles. The van der Waals surface area contributed by atoms with Crippen molar-refractivity contribution in [3.63, 3.8) is 0 Å². The van der Waals surface area contributed by atoms with Gasteiger partial charge in [0.2, 0.25) is 15.9 Å². The Labute approximate surface area is 205 Å². The van der Waals surface area contributed by atoms with Crippen LogP contribution in [0.15, 0.2) is 72.8 Å². The van der Waals surface area contributed by atoms with Crippen molar-refractivity contribution in [2.45, 2.75) is 26.8 Å². The van der Waals surface area contributed by atoms with Crippen LogP contribution in [0.25, 0.3) is 0 Å². The molecule has 0 aromatic heterocycles. The summed E-state index contributed by atoms with van der Waals surface area (Å²) in [6.45, 7) is 5.20. The van der Waals surface area contributed by atoms with E-state index >= 15 is 0 Å². The highest BCUT2D eigenvalue weighted by molar-refractivity contribution is 7.92. The zero-order valence-electron chi connectivity index (χ0n) is 20.0. The first-order valence-corrected chi connectivity index (χ1v) is 12.9. The molecule has 1 unspecified atom stereocenters. The first-order chi connectivity index (χ1) is 16.6. The summed E-state index contributed by atoms with van der Waals surface area (Å²) in [6.07, 6.45) is 1.04. The van der Waals surface area contributed by atoms with Gasteiger partial charge in [-0.05, 0) is 74.9 Å². The number of anilines is 2. The van der Waals surface area contributed by atoms with Gasteiger partial charge in [-0.25, -0.2) is 13.2 Å². The molecule has 3 aromatic rings. The minimum atomic E-state index is -3.81. The number of benzene rings is 3. The Bertz CT molecular complexity index is 1290. The number of rotatable bonds is 9. The summed E-state index contributed by atoms with van der Waals surface area (Å²) in [7, 11) is -3.81. The number of carbonyl (C=O) groups is 2. The predicted molar refractivity (Wildman–Crippen MR) is 136 cm³/mol. The largest absolute Gasteiger partial charge is 0.462 e. The molecule has 0 bridgehead atoms. The molecule has 1 atom stereocenters. The SMILES string of the molecule is CCOC(=O)c1ccc(C)c(NC(=O)C(C)N(c2ccc(Oc3ccccc3)cc2)S(C)(=O)=O)c1. The third kappa shape index (κ3) is 6.60. The average Bonchev–Trinajstić information content (AvgIpc) is 2.81. The maximum Gasteiger partial charge on any atom is 0.338 e. The molecule has 8 nitrogen and oxygen atoms in total. The number of nitrogens with zero attached hydrogens (tertiary/aromatic N) is 1. The Kier molecular flexibility index (Phi) is 8.14. The number of amides is 1. The summed E-state index contributed by atoms with van der Waals surface area (Å²) < 4.78 is 37.1. The number of nitrogens with one attached hydrogen (secondary N) is 1. The van der Waals surface area contributed by atoms with E-state index in [4.69, 9.17) is 9.47 Å². The zero-order valence-corrected chi connectivity index (χ0v) is 20.8. The summed E-state index contributed by atoms with van der Waals surface area (Å²) in [5.74, 6) is 0.112. The minimum absolute atomic E-state index is 0.226. The van der Waals surface area contributed by atoms with E-state index < -0.39 is 27.9 Å². The molecule has 0 aliphatic carbocycles. The lowest BCUT2D eigenvalue weighted by Crippen LogP contribution is -2.45. The second-order valence-electron chi connectivity index (χ2n) is 7.88. The van der Waals surface area contributed by atoms with Crippen LogP contribution in [0.4, 0.5) is 11.4 Å². The number of hydrogen-bond acceptors (Lipinski definition) is 6. The maximum absolute atomic E-state index is 13.1. The van der Waals surface area contributed by atoms with Crippen LogP contribution in [0.2, 0.25) is 0 Å². The van der Waals surface area contributed by atoms with Crippen LogP contribution >= 0.6 is 0 Å². The minimum Gasteiger partial charge on any atom is -0.462 e. The third-order valence-corrected chi connectivity index (χ3v) is 6.41. The number of para-hydroxylation sites is 1. The lowest BCUT2D eigenvalue weighted by Gasteiger charge is -2.28. The van der Waals surface area contributed by atoms with E-state index in [0.29, 0.717) is 28.4 Å². The molecule has 35 heavy (non-hydrogen) atoms. The van der Waals surface area contributed by atoms with Gasteiger partial charge in [-0.1, -0.05) is 24.3 Å². The molecule has 1 amide bonds. The van der Waals surface area contributed by atoms with Crippen molar-refractivity contribution in [2.24, 2.45) is 0 Å². The average molecular weight is 497 g/mol. The molecule has 3 aromatic carbocycles. The molecule has 0 fully saturated rings. The molecule has 9 heteroatoms. The van der Waals surface area contributed by atoms with Crippen LogP contribution in [-0.2, 0) is 19.6 Å². The van der Waals surface area contributed by atoms with Gasteiger partial charge in [0.1, 0.15) is 17.5 Å². The second kappa shape index (κ2) is 11.1. The lowest BCUT2D eigenvalue weighted by atomic mass is 10.1. The number of carbonyl (C=O) groups excluding carboxylic acids is 2. The summed E-state index contributed by atoms with van der Waals surface area (Å²) in [4.78, 5) is 25.1. The standard InChI is InChI=1S/C26H28N2O6S/c1-5-33-26(30)20-12-11-18(2)24(17-20)27-25(29)19(3)28(35(4,31)32)21-13-15-23(16-14-21)34-22-9-7-6-8-10-22/h6-17,19H,5H2,1-4H3,(H,27,29). The normalized spacial score (nSPS) is 11.9. The number of aryl methyl sites for hydroxylation is 1. The predicted octanol–water partition coefficient (Wildman–Crippen LogP) is 4.76. The van der Waals surface area contributed by atoms with Gasteiger partial charge >= 0.3 is 5.97 Å². The number of sulfonamides is 1. The monoisotopic (exact) mass is 496 g/mol. The zero-order chi connectivity index (χ0) is 25.6. The molecular weight excluding hydrogens is 468 g/mol. The van der Waals surface area contributed by atoms with Crippen LogP contribution in [0.1, 0.15) is 29.8 Å². The second-order valence-corrected chi connectivity index (χ2v) is 9.74. The van der Waals surface area contributed by atoms with Gasteiger partial charge in [0, 0.05) is 5.69 Å². The van der Waals surface area contributed by atoms with E-state index in [2.05, 4.69) is 5.32 Å². The van der Waals surface area contributed by atoms with Crippen molar-refractivity contribution in [3.05, 3.63) is 83.9 Å². The lowest BCUT2D eigenvalue weighted by molar-refractivity contribution is -0.116. The molecule has 1 N–H and O–H groups in total. The fourth-order valence-corrected chi connectivity index (χ4v) is 4.60. The van der Waals surface area contributed by atoms with Crippen LogP contribution < -0.4 is 14.4 Å². The number of esters is 1. The molecule has 0 spiro atoms. The van der Waals surface area contributed by atoms with E-state index in [1.165, 1.54) is 13.0 Å². The van der Waals surface area contributed by atoms with Crippen LogP contribution in [0.5, 0.6) is 11.5 Å². The number of hydrogen-bond donors (Lipinski definition) is 1. The molecule has 0 aliphatic rings. The fraction of sp³-hybridized carbons (Fsp3) is 0.231. The van der Waals surface area contributed by atoms with Gasteiger partial charge in [0.05, 0.1) is 24.1 Å². The Hall–Kier alpha value is -3.85. The smallest absolute Gasteiger partial charge is 0.338 e. The van der Waals surface area contributed by atoms with E-state index in [0.717, 1.165) is 10.6 Å². The molecule has 0 saturated heterocycles. The summed E-state index contributed by atoms with van der Waals surface area (Å²) in [6, 6.07) is 19.3. The fourth-order valence-electron chi connectivity index (χ4n) is 3.43. The molecule has 0 radical (unpaired) electrons. The highest BCUT2D eigenvalue weighted by Gasteiger charge is 2.29. The first-order valence-electron chi connectivity index (χ1n) is 11.0. The van der Waals surface area contributed by atoms with Crippen molar-refractivity contribution in [1.29, 1.82) is 0 Å². The molecule has 0 saturated carbocycles. The van der Waals surface area contributed by atoms with Gasteiger partial charge in [0.15, 0.2) is 0 Å². The van der Waals surface area contributed by atoms with Gasteiger partial charge in [0.25, 0.3) is 0 Å². The van der Waals surface area contributed by atoms with Gasteiger partial charge < -0.3 is 14.8 Å². The highest BCUT2D eigenvalue weighted by atomic mass is 32.2. The van der Waals surface area contributed by atoms with E-state index in [9.17, 15) is 18.0 Å². The van der Waals surface area contributed by atoms with Crippen LogP contribution in [-0.4, -0.2) is 39.2 Å². The summed E-state index contributed by atoms with van der Waals surface area (Å²) >= 11 is 0. The topological polar surface area (TPSA) is 102 Å². The summed E-state index contributed by atoms with van der Waals surface area (Å²) in [5.41, 5.74) is 1.71. The van der Waals surface area contributed by atoms with Gasteiger partial charge in [-0.2, -0.15) is 0 Å². The molecular formula is C26H28N2O6S. The van der Waals surface area contributed by atoms with Gasteiger partial charge in [-0.15, -0.1) is 0 Å².